The Morgan fingerprint density at radius 3 is 2.00 bits per heavy atom. The summed E-state index contributed by atoms with van der Waals surface area (Å²) >= 11 is 3.44. The van der Waals surface area contributed by atoms with Gasteiger partial charge in [-0.25, -0.2) is 0 Å². The van der Waals surface area contributed by atoms with Gasteiger partial charge in [-0.1, -0.05) is 45.8 Å². The predicted octanol–water partition coefficient (Wildman–Crippen LogP) is 4.94. The van der Waals surface area contributed by atoms with Crippen LogP contribution in [-0.2, 0) is 9.59 Å². The quantitative estimate of drug-likeness (QED) is 0.534. The van der Waals surface area contributed by atoms with Crippen molar-refractivity contribution in [3.63, 3.8) is 0 Å². The number of rotatable bonds is 4. The zero-order chi connectivity index (χ0) is 22.1. The number of amides is 2. The molecule has 31 heavy (non-hydrogen) atoms. The molecule has 3 aromatic carbocycles. The largest absolute Gasteiger partial charge is 0.378 e. The van der Waals surface area contributed by atoms with Crippen molar-refractivity contribution in [2.45, 2.75) is 13.0 Å². The van der Waals surface area contributed by atoms with Gasteiger partial charge >= 0.3 is 0 Å². The average molecular weight is 478 g/mol. The third kappa shape index (κ3) is 4.21. The lowest BCUT2D eigenvalue weighted by molar-refractivity contribution is -0.128. The topological polar surface area (TPSA) is 43.9 Å². The number of hydrogen-bond donors (Lipinski definition) is 0. The molecule has 0 N–H and O–H groups in total. The minimum atomic E-state index is -0.736. The first-order valence-electron chi connectivity index (χ1n) is 10.1. The molecule has 0 saturated carbocycles. The van der Waals surface area contributed by atoms with Crippen molar-refractivity contribution in [1.29, 1.82) is 0 Å². The molecule has 4 rings (SSSR count). The maximum absolute atomic E-state index is 13.7. The van der Waals surface area contributed by atoms with Crippen LogP contribution in [0.2, 0.25) is 0 Å². The van der Waals surface area contributed by atoms with Crippen molar-refractivity contribution in [2.75, 3.05) is 35.3 Å². The van der Waals surface area contributed by atoms with Crippen LogP contribution in [0, 0.1) is 6.92 Å². The van der Waals surface area contributed by atoms with E-state index in [4.69, 9.17) is 0 Å². The van der Waals surface area contributed by atoms with Gasteiger partial charge in [0.25, 0.3) is 5.91 Å². The van der Waals surface area contributed by atoms with Crippen LogP contribution in [0.3, 0.4) is 0 Å². The maximum atomic E-state index is 13.7. The summed E-state index contributed by atoms with van der Waals surface area (Å²) in [5.74, 6) is -0.242. The van der Waals surface area contributed by atoms with Crippen LogP contribution in [0.15, 0.2) is 77.3 Å². The first-order valence-corrected chi connectivity index (χ1v) is 10.9. The summed E-state index contributed by atoms with van der Waals surface area (Å²) in [7, 11) is 3.94. The molecular formula is C25H24BrN3O2. The molecule has 0 radical (unpaired) electrons. The Hall–Kier alpha value is -3.12. The third-order valence-electron chi connectivity index (χ3n) is 5.50. The smallest absolute Gasteiger partial charge is 0.255 e. The first kappa shape index (κ1) is 21.1. The van der Waals surface area contributed by atoms with Gasteiger partial charge in [0.15, 0.2) is 0 Å². The molecule has 5 nitrogen and oxygen atoms in total. The van der Waals surface area contributed by atoms with E-state index in [0.717, 1.165) is 27.0 Å². The highest BCUT2D eigenvalue weighted by molar-refractivity contribution is 9.10. The van der Waals surface area contributed by atoms with Crippen LogP contribution in [0.4, 0.5) is 17.1 Å². The van der Waals surface area contributed by atoms with Gasteiger partial charge in [-0.05, 0) is 61.0 Å². The zero-order valence-electron chi connectivity index (χ0n) is 17.7. The van der Waals surface area contributed by atoms with E-state index in [0.29, 0.717) is 5.69 Å². The van der Waals surface area contributed by atoms with Crippen molar-refractivity contribution >= 4 is 44.8 Å². The normalized spacial score (nSPS) is 16.6. The highest BCUT2D eigenvalue weighted by Gasteiger charge is 2.41. The molecule has 1 saturated heterocycles. The van der Waals surface area contributed by atoms with Crippen LogP contribution in [0.25, 0.3) is 0 Å². The maximum Gasteiger partial charge on any atom is 0.255 e. The monoisotopic (exact) mass is 477 g/mol. The Balaban J connectivity index is 1.79. The molecular weight excluding hydrogens is 454 g/mol. The Morgan fingerprint density at radius 1 is 0.839 bits per heavy atom. The van der Waals surface area contributed by atoms with E-state index in [2.05, 4.69) is 15.9 Å². The average Bonchev–Trinajstić information content (AvgIpc) is 2.76. The standard InChI is InChI=1S/C25H24BrN3O2/c1-17-4-10-21(11-5-17)28-16-23(30)29(22-14-8-19(26)9-15-22)24(25(28)31)18-6-12-20(13-7-18)27(2)3/h4-15,24H,16H2,1-3H3/t24-/m1/s1. The van der Waals surface area contributed by atoms with Crippen LogP contribution in [0.5, 0.6) is 0 Å². The lowest BCUT2D eigenvalue weighted by atomic mass is 9.99. The fourth-order valence-corrected chi connectivity index (χ4v) is 4.04. The van der Waals surface area contributed by atoms with Gasteiger partial charge in [-0.15, -0.1) is 0 Å². The lowest BCUT2D eigenvalue weighted by Gasteiger charge is -2.40. The highest BCUT2D eigenvalue weighted by Crippen LogP contribution is 2.35. The van der Waals surface area contributed by atoms with Gasteiger partial charge in [-0.2, -0.15) is 0 Å². The number of halogens is 1. The Kier molecular flexibility index (Phi) is 5.83. The molecule has 3 aromatic rings. The minimum Gasteiger partial charge on any atom is -0.378 e. The zero-order valence-corrected chi connectivity index (χ0v) is 19.3. The summed E-state index contributed by atoms with van der Waals surface area (Å²) in [6.07, 6.45) is 0. The Bertz CT molecular complexity index is 1090. The van der Waals surface area contributed by atoms with Gasteiger partial charge in [0.05, 0.1) is 0 Å². The van der Waals surface area contributed by atoms with Gasteiger partial charge in [0.2, 0.25) is 5.91 Å². The van der Waals surface area contributed by atoms with Crippen molar-refractivity contribution in [3.05, 3.63) is 88.4 Å². The van der Waals surface area contributed by atoms with E-state index < -0.39 is 6.04 Å². The van der Waals surface area contributed by atoms with E-state index in [1.165, 1.54) is 0 Å². The second kappa shape index (κ2) is 8.55. The van der Waals surface area contributed by atoms with E-state index in [-0.39, 0.29) is 18.4 Å². The number of benzene rings is 3. The summed E-state index contributed by atoms with van der Waals surface area (Å²) in [5, 5.41) is 0. The molecule has 0 aromatic heterocycles. The summed E-state index contributed by atoms with van der Waals surface area (Å²) in [4.78, 5) is 32.3. The Labute approximate surface area is 191 Å². The molecule has 6 heteroatoms. The van der Waals surface area contributed by atoms with Gasteiger partial charge in [0, 0.05) is 35.6 Å². The van der Waals surface area contributed by atoms with Crippen LogP contribution >= 0.6 is 15.9 Å². The van der Waals surface area contributed by atoms with E-state index >= 15 is 0 Å². The summed E-state index contributed by atoms with van der Waals surface area (Å²) in [6, 6.07) is 22.2. The fraction of sp³-hybridized carbons (Fsp3) is 0.200. The fourth-order valence-electron chi connectivity index (χ4n) is 3.78. The number of hydrogen-bond acceptors (Lipinski definition) is 3. The molecule has 1 aliphatic heterocycles. The van der Waals surface area contributed by atoms with Crippen LogP contribution in [0.1, 0.15) is 17.2 Å². The van der Waals surface area contributed by atoms with E-state index in [1.54, 1.807) is 9.80 Å². The molecule has 158 valence electrons. The number of aryl methyl sites for hydroxylation is 1. The molecule has 0 bridgehead atoms. The third-order valence-corrected chi connectivity index (χ3v) is 6.02. The molecule has 0 unspecified atom stereocenters. The number of carbonyl (C=O) groups excluding carboxylic acids is 2. The summed E-state index contributed by atoms with van der Waals surface area (Å²) in [6.45, 7) is 2.00. The highest BCUT2D eigenvalue weighted by atomic mass is 79.9. The summed E-state index contributed by atoms with van der Waals surface area (Å²) in [5.41, 5.74) is 4.35. The van der Waals surface area contributed by atoms with Gasteiger partial charge < -0.3 is 9.80 Å². The van der Waals surface area contributed by atoms with Crippen molar-refractivity contribution in [3.8, 4) is 0 Å². The second-order valence-electron chi connectivity index (χ2n) is 7.89. The van der Waals surface area contributed by atoms with E-state index in [9.17, 15) is 9.59 Å². The van der Waals surface area contributed by atoms with Crippen molar-refractivity contribution < 1.29 is 9.59 Å². The molecule has 1 atom stereocenters. The Morgan fingerprint density at radius 2 is 1.42 bits per heavy atom. The predicted molar refractivity (Wildman–Crippen MR) is 129 cm³/mol. The number of piperazine rings is 1. The van der Waals surface area contributed by atoms with Crippen molar-refractivity contribution in [1.82, 2.24) is 0 Å². The van der Waals surface area contributed by atoms with Gasteiger partial charge in [0.1, 0.15) is 12.6 Å². The van der Waals surface area contributed by atoms with Gasteiger partial charge in [-0.3, -0.25) is 14.5 Å². The molecule has 0 aliphatic carbocycles. The minimum absolute atomic E-state index is 0.00421. The first-order chi connectivity index (χ1) is 14.8. The molecule has 1 aliphatic rings. The molecule has 1 heterocycles. The summed E-state index contributed by atoms with van der Waals surface area (Å²) < 4.78 is 0.917. The number of carbonyl (C=O) groups is 2. The number of nitrogens with zero attached hydrogens (tertiary/aromatic N) is 3. The second-order valence-corrected chi connectivity index (χ2v) is 8.80. The molecule has 1 fully saturated rings. The number of anilines is 3. The SMILES string of the molecule is Cc1ccc(N2CC(=O)N(c3ccc(Br)cc3)[C@H](c3ccc(N(C)C)cc3)C2=O)cc1. The van der Waals surface area contributed by atoms with E-state index in [1.807, 2.05) is 98.7 Å². The van der Waals surface area contributed by atoms with Crippen LogP contribution in [-0.4, -0.2) is 32.5 Å². The van der Waals surface area contributed by atoms with Crippen LogP contribution < -0.4 is 14.7 Å². The molecule has 2 amide bonds. The molecule has 0 spiro atoms. The lowest BCUT2D eigenvalue weighted by Crippen LogP contribution is -2.56. The van der Waals surface area contributed by atoms with Crippen molar-refractivity contribution in [2.24, 2.45) is 0 Å².